The van der Waals surface area contributed by atoms with Crippen LogP contribution in [0.2, 0.25) is 0 Å². The van der Waals surface area contributed by atoms with E-state index < -0.39 is 137 Å². The molecule has 0 saturated heterocycles. The fourth-order valence-electron chi connectivity index (χ4n) is 4.61. The molecule has 0 bridgehead atoms. The van der Waals surface area contributed by atoms with Crippen LogP contribution >= 0.6 is 0 Å². The highest BCUT2D eigenvalue weighted by Crippen LogP contribution is 2.57. The van der Waals surface area contributed by atoms with Gasteiger partial charge in [-0.25, -0.2) is 52.7 Å². The number of rotatable bonds is 3. The summed E-state index contributed by atoms with van der Waals surface area (Å²) in [5.74, 6) is -24.2. The van der Waals surface area contributed by atoms with Crippen LogP contribution in [0.5, 0.6) is 0 Å². The molecule has 0 aromatic heterocycles. The Morgan fingerprint density at radius 3 is 1.28 bits per heavy atom. The number of halogens is 12. The summed E-state index contributed by atoms with van der Waals surface area (Å²) in [6.07, 6.45) is -6.77. The van der Waals surface area contributed by atoms with Crippen molar-refractivity contribution in [3.05, 3.63) is 114 Å². The van der Waals surface area contributed by atoms with E-state index in [1.807, 2.05) is 0 Å². The summed E-state index contributed by atoms with van der Waals surface area (Å²) in [4.78, 5) is 0. The molecule has 2 aromatic carbocycles. The van der Waals surface area contributed by atoms with Crippen LogP contribution in [0.25, 0.3) is 11.3 Å². The van der Waals surface area contributed by atoms with Crippen molar-refractivity contribution in [3.8, 4) is 30.3 Å². The number of hydrogen-bond acceptors (Lipinski definition) is 6. The van der Waals surface area contributed by atoms with E-state index in [-0.39, 0.29) is 0 Å². The van der Waals surface area contributed by atoms with Crippen molar-refractivity contribution in [2.75, 3.05) is 0 Å². The van der Waals surface area contributed by atoms with E-state index in [4.69, 9.17) is 21.5 Å². The van der Waals surface area contributed by atoms with Gasteiger partial charge in [0.2, 0.25) is 0 Å². The van der Waals surface area contributed by atoms with Gasteiger partial charge in [-0.15, -0.1) is 0 Å². The summed E-state index contributed by atoms with van der Waals surface area (Å²) in [5.41, 5.74) is -14.6. The number of nitrogens with two attached hydrogens (primary N) is 1. The molecule has 4 rings (SSSR count). The number of alkyl halides is 2. The van der Waals surface area contributed by atoms with Gasteiger partial charge in [0.15, 0.2) is 70.5 Å². The second-order valence-electron chi connectivity index (χ2n) is 9.12. The molecule has 0 spiro atoms. The molecule has 0 aliphatic heterocycles. The number of hydrogen-bond donors (Lipinski definition) is 1. The van der Waals surface area contributed by atoms with Crippen LogP contribution in [0.15, 0.2) is 45.1 Å². The molecule has 0 radical (unpaired) electrons. The highest BCUT2D eigenvalue weighted by atomic mass is 19.2. The van der Waals surface area contributed by atoms with Gasteiger partial charge in [0.05, 0.1) is 28.0 Å². The Bertz CT molecular complexity index is 2190. The van der Waals surface area contributed by atoms with Crippen molar-refractivity contribution in [1.29, 1.82) is 26.3 Å². The van der Waals surface area contributed by atoms with E-state index >= 15 is 8.78 Å². The number of benzene rings is 2. The predicted octanol–water partition coefficient (Wildman–Crippen LogP) is 6.68. The zero-order valence-electron chi connectivity index (χ0n) is 22.0. The fraction of sp³-hybridized carbons (Fsp3) is 0.0690. The molecule has 1 fully saturated rings. The van der Waals surface area contributed by atoms with E-state index in [2.05, 4.69) is 0 Å². The molecule has 2 aliphatic rings. The SMILES string of the molecule is N#CC1=C(F)C(F)=C(/C(C#N)=C2/C(=C(/C#N)c3c(F)c(F)c(C#N)c(F)c3F)/C2=C(/N)c2c(F)c(F)c(C#N)c(F)c2F)C(F)C1F. The minimum absolute atomic E-state index is 0.785. The van der Waals surface area contributed by atoms with Crippen LogP contribution in [-0.4, -0.2) is 12.3 Å². The van der Waals surface area contributed by atoms with E-state index in [9.17, 15) is 54.4 Å². The molecule has 2 aliphatic carbocycles. The zero-order chi connectivity index (χ0) is 35.4. The highest BCUT2D eigenvalue weighted by molar-refractivity contribution is 6.05. The molecule has 2 N–H and O–H groups in total. The lowest BCUT2D eigenvalue weighted by atomic mass is 9.88. The van der Waals surface area contributed by atoms with Gasteiger partial charge in [-0.3, -0.25) is 0 Å². The first-order valence-electron chi connectivity index (χ1n) is 11.9. The smallest absolute Gasteiger partial charge is 0.180 e. The van der Waals surface area contributed by atoms with Gasteiger partial charge in [-0.2, -0.15) is 26.3 Å². The Balaban J connectivity index is 2.30. The molecule has 2 aromatic rings. The van der Waals surface area contributed by atoms with Crippen molar-refractivity contribution in [3.63, 3.8) is 0 Å². The van der Waals surface area contributed by atoms with Gasteiger partial charge < -0.3 is 5.73 Å². The topological polar surface area (TPSA) is 145 Å². The van der Waals surface area contributed by atoms with Crippen LogP contribution in [0.3, 0.4) is 0 Å². The van der Waals surface area contributed by atoms with Gasteiger partial charge in [0, 0.05) is 22.3 Å². The first-order chi connectivity index (χ1) is 22.1. The van der Waals surface area contributed by atoms with Gasteiger partial charge in [0.1, 0.15) is 47.0 Å². The number of allylic oxidation sites excluding steroid dienone is 9. The standard InChI is InChI=1S/C29H4F12N6/c30-17-8(3-44)18(31)24(37)13(23(17)36)6(1-42)11-12(7(2-43)14-25(38)19(32)9(4-45)20(33)26(14)39)15(11)29(47)16-27(40)21(34)10(5-46)22(35)28(16)41/h17,23H,47H2/b11-6-,12-7+,29-15+. The van der Waals surface area contributed by atoms with E-state index in [1.54, 1.807) is 0 Å². The fourth-order valence-corrected chi connectivity index (χ4v) is 4.61. The molecule has 0 heterocycles. The molecule has 2 atom stereocenters. The molecule has 6 nitrogen and oxygen atoms in total. The summed E-state index contributed by atoms with van der Waals surface area (Å²) in [6.45, 7) is 0. The number of nitriles is 5. The molecule has 0 amide bonds. The van der Waals surface area contributed by atoms with Crippen LogP contribution < -0.4 is 5.73 Å². The molecular formula is C29H4F12N6. The molecule has 1 saturated carbocycles. The molecule has 47 heavy (non-hydrogen) atoms. The number of nitrogens with zero attached hydrogens (tertiary/aromatic N) is 5. The van der Waals surface area contributed by atoms with Crippen molar-refractivity contribution in [2.24, 2.45) is 5.73 Å². The molecule has 234 valence electrons. The Morgan fingerprint density at radius 1 is 0.489 bits per heavy atom. The summed E-state index contributed by atoms with van der Waals surface area (Å²) in [5, 5.41) is 46.1. The van der Waals surface area contributed by atoms with Crippen molar-refractivity contribution in [2.45, 2.75) is 12.3 Å². The van der Waals surface area contributed by atoms with Gasteiger partial charge in [-0.1, -0.05) is 0 Å². The first kappa shape index (κ1) is 33.4. The van der Waals surface area contributed by atoms with Gasteiger partial charge >= 0.3 is 0 Å². The van der Waals surface area contributed by atoms with E-state index in [1.165, 1.54) is 0 Å². The Hall–Kier alpha value is -6.45. The van der Waals surface area contributed by atoms with E-state index in [0.29, 0.717) is 0 Å². The van der Waals surface area contributed by atoms with Crippen molar-refractivity contribution >= 4 is 11.3 Å². The van der Waals surface area contributed by atoms with Crippen LogP contribution in [-0.2, 0) is 0 Å². The third kappa shape index (κ3) is 4.65. The summed E-state index contributed by atoms with van der Waals surface area (Å²) in [7, 11) is 0. The second kappa shape index (κ2) is 11.8. The van der Waals surface area contributed by atoms with Crippen molar-refractivity contribution < 1.29 is 52.7 Å². The molecule has 2 unspecified atom stereocenters. The first-order valence-corrected chi connectivity index (χ1v) is 11.9. The van der Waals surface area contributed by atoms with Crippen molar-refractivity contribution in [1.82, 2.24) is 0 Å². The average Bonchev–Trinajstić information content (AvgIpc) is 3.77. The lowest BCUT2D eigenvalue weighted by molar-refractivity contribution is 0.217. The largest absolute Gasteiger partial charge is 0.398 e. The maximum atomic E-state index is 15.1. The zero-order valence-corrected chi connectivity index (χ0v) is 22.0. The predicted molar refractivity (Wildman–Crippen MR) is 130 cm³/mol. The third-order valence-corrected chi connectivity index (χ3v) is 6.81. The minimum Gasteiger partial charge on any atom is -0.398 e. The lowest BCUT2D eigenvalue weighted by Gasteiger charge is -2.21. The van der Waals surface area contributed by atoms with Gasteiger partial charge in [0.25, 0.3) is 0 Å². The summed E-state index contributed by atoms with van der Waals surface area (Å²) in [6, 6.07) is 4.43. The Labute approximate surface area is 253 Å². The second-order valence-corrected chi connectivity index (χ2v) is 9.12. The normalized spacial score (nSPS) is 20.5. The highest BCUT2D eigenvalue weighted by Gasteiger charge is 2.48. The maximum Gasteiger partial charge on any atom is 0.180 e. The average molecular weight is 664 g/mol. The van der Waals surface area contributed by atoms with Gasteiger partial charge in [-0.05, 0) is 0 Å². The Kier molecular flexibility index (Phi) is 8.40. The lowest BCUT2D eigenvalue weighted by Crippen LogP contribution is -2.28. The van der Waals surface area contributed by atoms with Crippen LogP contribution in [0, 0.1) is 103 Å². The van der Waals surface area contributed by atoms with Crippen LogP contribution in [0.1, 0.15) is 22.3 Å². The molecular weight excluding hydrogens is 660 g/mol. The minimum atomic E-state index is -3.45. The van der Waals surface area contributed by atoms with E-state index in [0.717, 1.165) is 30.3 Å². The third-order valence-electron chi connectivity index (χ3n) is 6.81. The molecule has 18 heteroatoms. The summed E-state index contributed by atoms with van der Waals surface area (Å²) < 4.78 is 177. The van der Waals surface area contributed by atoms with Crippen LogP contribution in [0.4, 0.5) is 52.7 Å². The Morgan fingerprint density at radius 2 is 0.894 bits per heavy atom. The quantitative estimate of drug-likeness (QED) is 0.220. The monoisotopic (exact) mass is 664 g/mol. The summed E-state index contributed by atoms with van der Waals surface area (Å²) >= 11 is 0. The maximum absolute atomic E-state index is 15.1.